The molecule has 4 nitrogen and oxygen atoms in total. The molecule has 16 heavy (non-hydrogen) atoms. The van der Waals surface area contributed by atoms with Crippen molar-refractivity contribution >= 4 is 5.91 Å². The number of nitrogens with zero attached hydrogens (tertiary/aromatic N) is 1. The van der Waals surface area contributed by atoms with Crippen LogP contribution in [-0.4, -0.2) is 43.0 Å². The van der Waals surface area contributed by atoms with Gasteiger partial charge in [0.15, 0.2) is 0 Å². The van der Waals surface area contributed by atoms with Crippen LogP contribution in [0.5, 0.6) is 0 Å². The lowest BCUT2D eigenvalue weighted by Crippen LogP contribution is -2.31. The Morgan fingerprint density at radius 3 is 2.50 bits per heavy atom. The Labute approximate surface area is 99.6 Å². The van der Waals surface area contributed by atoms with Gasteiger partial charge in [-0.05, 0) is 39.4 Å². The number of carbonyl (C=O) groups is 1. The number of rotatable bonds is 10. The zero-order valence-corrected chi connectivity index (χ0v) is 11.0. The lowest BCUT2D eigenvalue weighted by atomic mass is 10.1. The van der Waals surface area contributed by atoms with Gasteiger partial charge in [-0.25, -0.2) is 0 Å². The number of primary amides is 1. The minimum atomic E-state index is -0.233. The first-order valence-corrected chi connectivity index (χ1v) is 6.34. The number of nitrogens with two attached hydrogens (primary N) is 1. The van der Waals surface area contributed by atoms with E-state index < -0.39 is 0 Å². The van der Waals surface area contributed by atoms with E-state index in [1.807, 2.05) is 0 Å². The van der Waals surface area contributed by atoms with E-state index in [0.717, 1.165) is 26.1 Å². The number of nitrogens with one attached hydrogen (secondary N) is 1. The molecule has 0 aromatic carbocycles. The first-order chi connectivity index (χ1) is 7.60. The Morgan fingerprint density at radius 1 is 1.38 bits per heavy atom. The van der Waals surface area contributed by atoms with E-state index in [2.05, 4.69) is 31.0 Å². The molecule has 0 heterocycles. The minimum absolute atomic E-state index is 0.233. The van der Waals surface area contributed by atoms with Crippen LogP contribution in [0.3, 0.4) is 0 Å². The first kappa shape index (κ1) is 15.4. The van der Waals surface area contributed by atoms with Crippen LogP contribution in [0.25, 0.3) is 0 Å². The fourth-order valence-electron chi connectivity index (χ4n) is 1.70. The highest BCUT2D eigenvalue weighted by molar-refractivity contribution is 5.73. The summed E-state index contributed by atoms with van der Waals surface area (Å²) in [5.74, 6) is -0.233. The maximum absolute atomic E-state index is 10.5. The van der Waals surface area contributed by atoms with Crippen molar-refractivity contribution in [2.45, 2.75) is 46.1 Å². The monoisotopic (exact) mass is 229 g/mol. The van der Waals surface area contributed by atoms with Gasteiger partial charge in [0.1, 0.15) is 0 Å². The van der Waals surface area contributed by atoms with E-state index in [1.54, 1.807) is 0 Å². The zero-order valence-electron chi connectivity index (χ0n) is 11.0. The summed E-state index contributed by atoms with van der Waals surface area (Å²) in [6.45, 7) is 10.6. The van der Waals surface area contributed by atoms with E-state index >= 15 is 0 Å². The Balaban J connectivity index is 3.42. The molecule has 4 heteroatoms. The molecule has 0 aromatic rings. The van der Waals surface area contributed by atoms with Crippen LogP contribution in [0.15, 0.2) is 0 Å². The number of hydrogen-bond acceptors (Lipinski definition) is 3. The third-order valence-corrected chi connectivity index (χ3v) is 2.87. The second-order valence-corrected chi connectivity index (χ2v) is 4.24. The molecular weight excluding hydrogens is 202 g/mol. The molecular formula is C12H27N3O. The van der Waals surface area contributed by atoms with Gasteiger partial charge in [0, 0.05) is 19.0 Å². The standard InChI is InChI=1S/C12H27N3O/c1-4-15(5-2)10-6-7-11(3)14-9-8-12(13)16/h11,14H,4-10H2,1-3H3,(H2,13,16). The highest BCUT2D eigenvalue weighted by Gasteiger charge is 2.04. The van der Waals surface area contributed by atoms with E-state index in [4.69, 9.17) is 5.73 Å². The van der Waals surface area contributed by atoms with Crippen LogP contribution in [0.1, 0.15) is 40.0 Å². The molecule has 1 atom stereocenters. The van der Waals surface area contributed by atoms with Gasteiger partial charge in [0.05, 0.1) is 0 Å². The lowest BCUT2D eigenvalue weighted by molar-refractivity contribution is -0.117. The molecule has 0 aromatic heterocycles. The van der Waals surface area contributed by atoms with Crippen LogP contribution in [0.4, 0.5) is 0 Å². The fraction of sp³-hybridized carbons (Fsp3) is 0.917. The topological polar surface area (TPSA) is 58.4 Å². The Kier molecular flexibility index (Phi) is 9.24. The first-order valence-electron chi connectivity index (χ1n) is 6.34. The van der Waals surface area contributed by atoms with Gasteiger partial charge in [-0.2, -0.15) is 0 Å². The Bertz CT molecular complexity index is 181. The molecule has 0 bridgehead atoms. The van der Waals surface area contributed by atoms with Gasteiger partial charge < -0.3 is 16.0 Å². The van der Waals surface area contributed by atoms with Crippen molar-refractivity contribution in [2.24, 2.45) is 5.73 Å². The summed E-state index contributed by atoms with van der Waals surface area (Å²) in [5, 5.41) is 3.30. The third-order valence-electron chi connectivity index (χ3n) is 2.87. The normalized spacial score (nSPS) is 13.0. The number of carbonyl (C=O) groups excluding carboxylic acids is 1. The molecule has 96 valence electrons. The summed E-state index contributed by atoms with van der Waals surface area (Å²) >= 11 is 0. The molecule has 0 aliphatic rings. The van der Waals surface area contributed by atoms with Gasteiger partial charge in [-0.15, -0.1) is 0 Å². The molecule has 0 radical (unpaired) electrons. The molecule has 0 spiro atoms. The Hall–Kier alpha value is -0.610. The molecule has 0 aliphatic carbocycles. The van der Waals surface area contributed by atoms with Crippen molar-refractivity contribution in [3.05, 3.63) is 0 Å². The smallest absolute Gasteiger partial charge is 0.218 e. The maximum Gasteiger partial charge on any atom is 0.218 e. The molecule has 1 amide bonds. The minimum Gasteiger partial charge on any atom is -0.370 e. The molecule has 0 saturated carbocycles. The summed E-state index contributed by atoms with van der Waals surface area (Å²) in [7, 11) is 0. The molecule has 3 N–H and O–H groups in total. The average molecular weight is 229 g/mol. The van der Waals surface area contributed by atoms with Crippen LogP contribution in [-0.2, 0) is 4.79 Å². The maximum atomic E-state index is 10.5. The van der Waals surface area contributed by atoms with E-state index in [-0.39, 0.29) is 5.91 Å². The summed E-state index contributed by atoms with van der Waals surface area (Å²) in [6, 6.07) is 0.468. The molecule has 0 rings (SSSR count). The largest absolute Gasteiger partial charge is 0.370 e. The summed E-state index contributed by atoms with van der Waals surface area (Å²) in [5.41, 5.74) is 5.07. The van der Waals surface area contributed by atoms with E-state index in [1.165, 1.54) is 6.42 Å². The SMILES string of the molecule is CCN(CC)CCCC(C)NCCC(N)=O. The average Bonchev–Trinajstić information content (AvgIpc) is 2.24. The highest BCUT2D eigenvalue weighted by atomic mass is 16.1. The van der Waals surface area contributed by atoms with Crippen molar-refractivity contribution < 1.29 is 4.79 Å². The zero-order chi connectivity index (χ0) is 12.4. The molecule has 1 unspecified atom stereocenters. The van der Waals surface area contributed by atoms with Gasteiger partial charge in [-0.1, -0.05) is 13.8 Å². The molecule has 0 fully saturated rings. The van der Waals surface area contributed by atoms with Crippen LogP contribution < -0.4 is 11.1 Å². The number of amides is 1. The quantitative estimate of drug-likeness (QED) is 0.586. The van der Waals surface area contributed by atoms with Crippen molar-refractivity contribution in [1.82, 2.24) is 10.2 Å². The second-order valence-electron chi connectivity index (χ2n) is 4.24. The van der Waals surface area contributed by atoms with Gasteiger partial charge in [0.2, 0.25) is 5.91 Å². The summed E-state index contributed by atoms with van der Waals surface area (Å²) in [4.78, 5) is 13.0. The molecule has 0 saturated heterocycles. The third kappa shape index (κ3) is 8.68. The second kappa shape index (κ2) is 9.60. The lowest BCUT2D eigenvalue weighted by Gasteiger charge is -2.19. The molecule has 0 aliphatic heterocycles. The summed E-state index contributed by atoms with van der Waals surface area (Å²) in [6.07, 6.45) is 2.78. The highest BCUT2D eigenvalue weighted by Crippen LogP contribution is 1.99. The predicted octanol–water partition coefficient (Wildman–Crippen LogP) is 0.962. The van der Waals surface area contributed by atoms with Crippen LogP contribution in [0, 0.1) is 0 Å². The van der Waals surface area contributed by atoms with E-state index in [9.17, 15) is 4.79 Å². The van der Waals surface area contributed by atoms with Crippen molar-refractivity contribution in [3.8, 4) is 0 Å². The van der Waals surface area contributed by atoms with Crippen molar-refractivity contribution in [2.75, 3.05) is 26.2 Å². The van der Waals surface area contributed by atoms with Crippen molar-refractivity contribution in [1.29, 1.82) is 0 Å². The van der Waals surface area contributed by atoms with Gasteiger partial charge in [0.25, 0.3) is 0 Å². The number of hydrogen-bond donors (Lipinski definition) is 2. The van der Waals surface area contributed by atoms with Gasteiger partial charge in [-0.3, -0.25) is 4.79 Å². The summed E-state index contributed by atoms with van der Waals surface area (Å²) < 4.78 is 0. The van der Waals surface area contributed by atoms with Crippen LogP contribution >= 0.6 is 0 Å². The van der Waals surface area contributed by atoms with Crippen molar-refractivity contribution in [3.63, 3.8) is 0 Å². The van der Waals surface area contributed by atoms with Gasteiger partial charge >= 0.3 is 0 Å². The van der Waals surface area contributed by atoms with E-state index in [0.29, 0.717) is 19.0 Å². The fourth-order valence-corrected chi connectivity index (χ4v) is 1.70. The Morgan fingerprint density at radius 2 is 2.00 bits per heavy atom. The van der Waals surface area contributed by atoms with Crippen LogP contribution in [0.2, 0.25) is 0 Å². The predicted molar refractivity (Wildman–Crippen MR) is 68.3 cm³/mol.